The minimum absolute atomic E-state index is 0.155. The van der Waals surface area contributed by atoms with Crippen LogP contribution in [0.15, 0.2) is 47.5 Å². The quantitative estimate of drug-likeness (QED) is 0.472. The Morgan fingerprint density at radius 2 is 1.83 bits per heavy atom. The number of thioether (sulfide) groups is 1. The van der Waals surface area contributed by atoms with Crippen LogP contribution in [0.1, 0.15) is 34.0 Å². The Balaban J connectivity index is 1.77. The monoisotopic (exact) mass is 408 g/mol. The van der Waals surface area contributed by atoms with Crippen molar-refractivity contribution in [2.24, 2.45) is 0 Å². The summed E-state index contributed by atoms with van der Waals surface area (Å²) in [5, 5.41) is 4.46. The van der Waals surface area contributed by atoms with E-state index < -0.39 is 5.97 Å². The van der Waals surface area contributed by atoms with Gasteiger partial charge in [-0.05, 0) is 69.2 Å². The summed E-state index contributed by atoms with van der Waals surface area (Å²) in [6.45, 7) is 8.04. The minimum Gasteiger partial charge on any atom is -0.465 e. The second-order valence-corrected chi connectivity index (χ2v) is 8.44. The Kier molecular flexibility index (Phi) is 6.23. The van der Waals surface area contributed by atoms with Gasteiger partial charge in [-0.2, -0.15) is 0 Å². The van der Waals surface area contributed by atoms with Gasteiger partial charge in [-0.25, -0.2) is 9.78 Å². The van der Waals surface area contributed by atoms with E-state index in [1.54, 1.807) is 24.3 Å². The molecule has 0 aliphatic rings. The van der Waals surface area contributed by atoms with E-state index in [0.29, 0.717) is 11.3 Å². The number of nitrogens with one attached hydrogen (secondary N) is 1. The van der Waals surface area contributed by atoms with Crippen molar-refractivity contribution in [3.05, 3.63) is 64.7 Å². The number of carbonyl (C=O) groups excluding carboxylic acids is 2. The Hall–Kier alpha value is -2.86. The van der Waals surface area contributed by atoms with E-state index in [2.05, 4.69) is 38.2 Å². The first kappa shape index (κ1) is 20.9. The van der Waals surface area contributed by atoms with Crippen LogP contribution in [0.5, 0.6) is 0 Å². The molecular weight excluding hydrogens is 384 g/mol. The second kappa shape index (κ2) is 8.66. The van der Waals surface area contributed by atoms with E-state index in [1.807, 2.05) is 13.0 Å². The van der Waals surface area contributed by atoms with Crippen molar-refractivity contribution in [1.82, 2.24) is 4.98 Å². The van der Waals surface area contributed by atoms with E-state index in [9.17, 15) is 9.59 Å². The normalized spacial score (nSPS) is 11.9. The molecular formula is C23H24N2O3S. The number of carbonyl (C=O) groups is 2. The summed E-state index contributed by atoms with van der Waals surface area (Å²) < 4.78 is 4.72. The number of methoxy groups -OCH3 is 1. The summed E-state index contributed by atoms with van der Waals surface area (Å²) in [5.74, 6) is -0.595. The largest absolute Gasteiger partial charge is 0.465 e. The van der Waals surface area contributed by atoms with Crippen LogP contribution in [0.2, 0.25) is 0 Å². The molecule has 0 radical (unpaired) electrons. The number of aromatic nitrogens is 1. The van der Waals surface area contributed by atoms with Crippen molar-refractivity contribution in [3.8, 4) is 0 Å². The van der Waals surface area contributed by atoms with E-state index in [4.69, 9.17) is 9.72 Å². The summed E-state index contributed by atoms with van der Waals surface area (Å²) >= 11 is 1.41. The Morgan fingerprint density at radius 1 is 1.07 bits per heavy atom. The zero-order valence-electron chi connectivity index (χ0n) is 17.2. The predicted molar refractivity (Wildman–Crippen MR) is 118 cm³/mol. The topological polar surface area (TPSA) is 68.3 Å². The Morgan fingerprint density at radius 3 is 2.55 bits per heavy atom. The molecule has 1 atom stereocenters. The smallest absolute Gasteiger partial charge is 0.337 e. The Labute approximate surface area is 174 Å². The first-order chi connectivity index (χ1) is 13.8. The fraction of sp³-hybridized carbons (Fsp3) is 0.261. The maximum Gasteiger partial charge on any atom is 0.337 e. The third-order valence-corrected chi connectivity index (χ3v) is 5.67. The van der Waals surface area contributed by atoms with E-state index in [-0.39, 0.29) is 11.2 Å². The lowest BCUT2D eigenvalue weighted by Gasteiger charge is -2.14. The fourth-order valence-corrected chi connectivity index (χ4v) is 4.11. The van der Waals surface area contributed by atoms with E-state index >= 15 is 0 Å². The molecule has 1 unspecified atom stereocenters. The molecule has 0 fully saturated rings. The van der Waals surface area contributed by atoms with Crippen LogP contribution < -0.4 is 5.32 Å². The zero-order chi connectivity index (χ0) is 21.1. The first-order valence-corrected chi connectivity index (χ1v) is 10.2. The highest BCUT2D eigenvalue weighted by molar-refractivity contribution is 8.00. The number of benzene rings is 2. The lowest BCUT2D eigenvalue weighted by molar-refractivity contribution is -0.115. The molecule has 29 heavy (non-hydrogen) atoms. The molecule has 1 amide bonds. The number of rotatable bonds is 5. The Bertz CT molecular complexity index is 1090. The van der Waals surface area contributed by atoms with Gasteiger partial charge in [-0.3, -0.25) is 4.79 Å². The van der Waals surface area contributed by atoms with Crippen molar-refractivity contribution in [1.29, 1.82) is 0 Å². The SMILES string of the molecule is COC(=O)c1cccc(NC(=O)C(C)Sc2cc(C)c3cc(C)cc(C)c3n2)c1. The van der Waals surface area contributed by atoms with Crippen LogP contribution in [0.25, 0.3) is 10.9 Å². The van der Waals surface area contributed by atoms with Gasteiger partial charge in [0, 0.05) is 11.1 Å². The van der Waals surface area contributed by atoms with Gasteiger partial charge in [0.2, 0.25) is 5.91 Å². The lowest BCUT2D eigenvalue weighted by atomic mass is 10.0. The summed E-state index contributed by atoms with van der Waals surface area (Å²) in [5.41, 5.74) is 5.39. The molecule has 1 aromatic heterocycles. The van der Waals surface area contributed by atoms with Crippen molar-refractivity contribution < 1.29 is 14.3 Å². The van der Waals surface area contributed by atoms with Crippen molar-refractivity contribution in [2.75, 3.05) is 12.4 Å². The summed E-state index contributed by atoms with van der Waals surface area (Å²) in [4.78, 5) is 29.1. The average Bonchev–Trinajstić information content (AvgIpc) is 2.68. The van der Waals surface area contributed by atoms with Crippen molar-refractivity contribution in [3.63, 3.8) is 0 Å². The molecule has 1 heterocycles. The van der Waals surface area contributed by atoms with E-state index in [0.717, 1.165) is 27.1 Å². The molecule has 2 aromatic carbocycles. The third kappa shape index (κ3) is 4.77. The summed E-state index contributed by atoms with van der Waals surface area (Å²) in [6, 6.07) is 13.0. The van der Waals surface area contributed by atoms with Crippen LogP contribution >= 0.6 is 11.8 Å². The number of esters is 1. The van der Waals surface area contributed by atoms with Crippen molar-refractivity contribution in [2.45, 2.75) is 38.0 Å². The second-order valence-electron chi connectivity index (χ2n) is 7.08. The van der Waals surface area contributed by atoms with E-state index in [1.165, 1.54) is 24.4 Å². The van der Waals surface area contributed by atoms with Crippen LogP contribution in [-0.4, -0.2) is 29.2 Å². The van der Waals surface area contributed by atoms with Crippen molar-refractivity contribution >= 4 is 40.2 Å². The molecule has 0 bridgehead atoms. The number of amides is 1. The summed E-state index contributed by atoms with van der Waals surface area (Å²) in [7, 11) is 1.33. The number of fused-ring (bicyclic) bond motifs is 1. The van der Waals surface area contributed by atoms with Gasteiger partial charge in [0.1, 0.15) is 0 Å². The molecule has 3 rings (SSSR count). The number of hydrogen-bond acceptors (Lipinski definition) is 5. The highest BCUT2D eigenvalue weighted by Crippen LogP contribution is 2.29. The number of aryl methyl sites for hydroxylation is 3. The number of pyridine rings is 1. The van der Waals surface area contributed by atoms with Crippen LogP contribution in [0.4, 0.5) is 5.69 Å². The van der Waals surface area contributed by atoms with Gasteiger partial charge in [0.25, 0.3) is 0 Å². The molecule has 6 heteroatoms. The molecule has 5 nitrogen and oxygen atoms in total. The highest BCUT2D eigenvalue weighted by Gasteiger charge is 2.17. The van der Waals surface area contributed by atoms with Crippen LogP contribution in [0.3, 0.4) is 0 Å². The predicted octanol–water partition coefficient (Wildman–Crippen LogP) is 5.07. The number of anilines is 1. The molecule has 0 aliphatic heterocycles. The maximum absolute atomic E-state index is 12.7. The standard InChI is InChI=1S/C23H24N2O3S/c1-13-9-15(3)21-19(10-13)14(2)11-20(25-21)29-16(4)22(26)24-18-8-6-7-17(12-18)23(27)28-5/h6-12,16H,1-5H3,(H,24,26). The minimum atomic E-state index is -0.440. The highest BCUT2D eigenvalue weighted by atomic mass is 32.2. The zero-order valence-corrected chi connectivity index (χ0v) is 18.0. The van der Waals surface area contributed by atoms with Crippen LogP contribution in [0, 0.1) is 20.8 Å². The van der Waals surface area contributed by atoms with Gasteiger partial charge in [0.05, 0.1) is 28.5 Å². The molecule has 0 aliphatic carbocycles. The lowest BCUT2D eigenvalue weighted by Crippen LogP contribution is -2.22. The number of ether oxygens (including phenoxy) is 1. The van der Waals surface area contributed by atoms with Gasteiger partial charge in [-0.1, -0.05) is 29.5 Å². The molecule has 1 N–H and O–H groups in total. The maximum atomic E-state index is 12.7. The van der Waals surface area contributed by atoms with Gasteiger partial charge in [-0.15, -0.1) is 0 Å². The molecule has 0 saturated carbocycles. The molecule has 0 spiro atoms. The molecule has 150 valence electrons. The van der Waals surface area contributed by atoms with Gasteiger partial charge < -0.3 is 10.1 Å². The average molecular weight is 409 g/mol. The fourth-order valence-electron chi connectivity index (χ4n) is 3.20. The number of hydrogen-bond donors (Lipinski definition) is 1. The van der Waals surface area contributed by atoms with Gasteiger partial charge >= 0.3 is 5.97 Å². The first-order valence-electron chi connectivity index (χ1n) is 9.33. The molecule has 3 aromatic rings. The van der Waals surface area contributed by atoms with Gasteiger partial charge in [0.15, 0.2) is 0 Å². The summed E-state index contributed by atoms with van der Waals surface area (Å²) in [6.07, 6.45) is 0. The number of nitrogens with zero attached hydrogens (tertiary/aromatic N) is 1. The molecule has 0 saturated heterocycles. The van der Waals surface area contributed by atoms with Crippen LogP contribution in [-0.2, 0) is 9.53 Å². The third-order valence-electron chi connectivity index (χ3n) is 4.65.